The Morgan fingerprint density at radius 1 is 1.50 bits per heavy atom. The third-order valence-corrected chi connectivity index (χ3v) is 2.76. The molecular formula is C11H12ClN3O. The van der Waals surface area contributed by atoms with Crippen LogP contribution in [0.2, 0.25) is 5.02 Å². The van der Waals surface area contributed by atoms with Crippen LogP contribution in [0.1, 0.15) is 11.4 Å². The van der Waals surface area contributed by atoms with Crippen LogP contribution in [0.4, 0.5) is 0 Å². The second-order valence-electron chi connectivity index (χ2n) is 3.45. The minimum Gasteiger partial charge on any atom is -0.486 e. The lowest BCUT2D eigenvalue weighted by atomic mass is 10.4. The van der Waals surface area contributed by atoms with Gasteiger partial charge in [-0.25, -0.2) is 0 Å². The summed E-state index contributed by atoms with van der Waals surface area (Å²) in [5.41, 5.74) is 1.68. The summed E-state index contributed by atoms with van der Waals surface area (Å²) >= 11 is 6.10. The number of ether oxygens (including phenoxy) is 1. The van der Waals surface area contributed by atoms with E-state index in [0.717, 1.165) is 17.1 Å². The van der Waals surface area contributed by atoms with E-state index in [4.69, 9.17) is 16.3 Å². The molecule has 2 heterocycles. The molecule has 0 bridgehead atoms. The lowest BCUT2D eigenvalue weighted by Crippen LogP contribution is -2.03. The molecule has 0 amide bonds. The van der Waals surface area contributed by atoms with Gasteiger partial charge >= 0.3 is 0 Å². The number of hydrogen-bond donors (Lipinski definition) is 0. The van der Waals surface area contributed by atoms with E-state index in [1.807, 2.05) is 26.1 Å². The lowest BCUT2D eigenvalue weighted by Gasteiger charge is -2.05. The first-order chi connectivity index (χ1) is 7.68. The van der Waals surface area contributed by atoms with E-state index in [9.17, 15) is 0 Å². The molecule has 0 N–H and O–H groups in total. The average molecular weight is 238 g/mol. The van der Waals surface area contributed by atoms with Crippen molar-refractivity contribution in [1.29, 1.82) is 0 Å². The highest BCUT2D eigenvalue weighted by molar-refractivity contribution is 6.31. The molecular weight excluding hydrogens is 226 g/mol. The maximum atomic E-state index is 6.10. The lowest BCUT2D eigenvalue weighted by molar-refractivity contribution is 0.294. The standard InChI is InChI=1S/C11H12ClN3O/c1-8-11(12)10(15(2)14-8)7-16-9-4-3-5-13-6-9/h3-6H,7H2,1-2H3. The topological polar surface area (TPSA) is 39.9 Å². The van der Waals surface area contributed by atoms with Gasteiger partial charge in [0.2, 0.25) is 0 Å². The molecule has 0 radical (unpaired) electrons. The molecule has 84 valence electrons. The van der Waals surface area contributed by atoms with Crippen LogP contribution in [0.15, 0.2) is 24.5 Å². The van der Waals surface area contributed by atoms with Crippen LogP contribution in [0.5, 0.6) is 5.75 Å². The molecule has 5 heteroatoms. The summed E-state index contributed by atoms with van der Waals surface area (Å²) in [6, 6.07) is 3.68. The molecule has 0 saturated heterocycles. The zero-order valence-electron chi connectivity index (χ0n) is 9.14. The van der Waals surface area contributed by atoms with Gasteiger partial charge in [0.05, 0.1) is 22.6 Å². The second-order valence-corrected chi connectivity index (χ2v) is 3.83. The summed E-state index contributed by atoms with van der Waals surface area (Å²) in [5, 5.41) is 4.87. The predicted octanol–water partition coefficient (Wildman–Crippen LogP) is 2.36. The number of aromatic nitrogens is 3. The molecule has 0 atom stereocenters. The fourth-order valence-corrected chi connectivity index (χ4v) is 1.64. The van der Waals surface area contributed by atoms with Crippen molar-refractivity contribution >= 4 is 11.6 Å². The van der Waals surface area contributed by atoms with Gasteiger partial charge in [-0.15, -0.1) is 0 Å². The summed E-state index contributed by atoms with van der Waals surface area (Å²) in [6.45, 7) is 2.26. The molecule has 16 heavy (non-hydrogen) atoms. The summed E-state index contributed by atoms with van der Waals surface area (Å²) in [5.74, 6) is 0.720. The van der Waals surface area contributed by atoms with Gasteiger partial charge < -0.3 is 4.74 Å². The van der Waals surface area contributed by atoms with Crippen LogP contribution >= 0.6 is 11.6 Å². The van der Waals surface area contributed by atoms with Gasteiger partial charge in [0.1, 0.15) is 12.4 Å². The summed E-state index contributed by atoms with van der Waals surface area (Å²) in [6.07, 6.45) is 3.37. The van der Waals surface area contributed by atoms with Crippen LogP contribution in [0.3, 0.4) is 0 Å². The first-order valence-corrected chi connectivity index (χ1v) is 5.27. The summed E-state index contributed by atoms with van der Waals surface area (Å²) in [7, 11) is 1.85. The number of pyridine rings is 1. The van der Waals surface area contributed by atoms with Gasteiger partial charge in [0, 0.05) is 13.2 Å². The maximum absolute atomic E-state index is 6.10. The van der Waals surface area contributed by atoms with Crippen LogP contribution in [0.25, 0.3) is 0 Å². The normalized spacial score (nSPS) is 10.4. The minimum absolute atomic E-state index is 0.391. The van der Waals surface area contributed by atoms with E-state index in [1.54, 1.807) is 17.1 Å². The number of aryl methyl sites for hydroxylation is 2. The van der Waals surface area contributed by atoms with E-state index in [-0.39, 0.29) is 0 Å². The molecule has 0 aliphatic rings. The Morgan fingerprint density at radius 3 is 2.88 bits per heavy atom. The fraction of sp³-hybridized carbons (Fsp3) is 0.273. The second kappa shape index (κ2) is 4.53. The molecule has 4 nitrogen and oxygen atoms in total. The van der Waals surface area contributed by atoms with Crippen molar-refractivity contribution in [2.45, 2.75) is 13.5 Å². The predicted molar refractivity (Wildman–Crippen MR) is 61.5 cm³/mol. The Hall–Kier alpha value is -1.55. The molecule has 0 aliphatic carbocycles. The van der Waals surface area contributed by atoms with Crippen molar-refractivity contribution in [1.82, 2.24) is 14.8 Å². The van der Waals surface area contributed by atoms with Crippen molar-refractivity contribution in [3.8, 4) is 5.75 Å². The maximum Gasteiger partial charge on any atom is 0.138 e. The summed E-state index contributed by atoms with van der Waals surface area (Å²) < 4.78 is 7.29. The fourth-order valence-electron chi connectivity index (χ4n) is 1.42. The molecule has 2 aromatic rings. The number of rotatable bonds is 3. The van der Waals surface area contributed by atoms with Crippen molar-refractivity contribution in [2.75, 3.05) is 0 Å². The number of halogens is 1. The van der Waals surface area contributed by atoms with Crippen molar-refractivity contribution in [2.24, 2.45) is 7.05 Å². The Morgan fingerprint density at radius 2 is 2.31 bits per heavy atom. The van der Waals surface area contributed by atoms with Crippen LogP contribution in [0, 0.1) is 6.92 Å². The third kappa shape index (κ3) is 2.17. The Bertz CT molecular complexity index is 481. The molecule has 0 aliphatic heterocycles. The Kier molecular flexibility index (Phi) is 3.10. The van der Waals surface area contributed by atoms with E-state index < -0.39 is 0 Å². The number of nitrogens with zero attached hydrogens (tertiary/aromatic N) is 3. The van der Waals surface area contributed by atoms with Gasteiger partial charge in [-0.05, 0) is 19.1 Å². The zero-order valence-corrected chi connectivity index (χ0v) is 9.90. The molecule has 0 saturated carbocycles. The first kappa shape index (κ1) is 11.0. The smallest absolute Gasteiger partial charge is 0.138 e. The Labute approximate surface area is 98.8 Å². The van der Waals surface area contributed by atoms with Crippen molar-refractivity contribution < 1.29 is 4.74 Å². The average Bonchev–Trinajstić information content (AvgIpc) is 2.53. The van der Waals surface area contributed by atoms with Gasteiger partial charge in [-0.2, -0.15) is 5.10 Å². The molecule has 0 fully saturated rings. The van der Waals surface area contributed by atoms with Gasteiger partial charge in [0.15, 0.2) is 0 Å². The highest BCUT2D eigenvalue weighted by Gasteiger charge is 2.11. The number of hydrogen-bond acceptors (Lipinski definition) is 3. The summed E-state index contributed by atoms with van der Waals surface area (Å²) in [4.78, 5) is 3.97. The highest BCUT2D eigenvalue weighted by Crippen LogP contribution is 2.20. The zero-order chi connectivity index (χ0) is 11.5. The first-order valence-electron chi connectivity index (χ1n) is 4.89. The highest BCUT2D eigenvalue weighted by atomic mass is 35.5. The molecule has 2 rings (SSSR count). The van der Waals surface area contributed by atoms with Crippen LogP contribution < -0.4 is 4.74 Å². The molecule has 0 unspecified atom stereocenters. The minimum atomic E-state index is 0.391. The van der Waals surface area contributed by atoms with E-state index in [0.29, 0.717) is 11.6 Å². The molecule has 0 spiro atoms. The van der Waals surface area contributed by atoms with Crippen molar-refractivity contribution in [3.63, 3.8) is 0 Å². The SMILES string of the molecule is Cc1nn(C)c(COc2cccnc2)c1Cl. The van der Waals surface area contributed by atoms with E-state index >= 15 is 0 Å². The van der Waals surface area contributed by atoms with Gasteiger partial charge in [-0.1, -0.05) is 11.6 Å². The van der Waals surface area contributed by atoms with Crippen LogP contribution in [-0.2, 0) is 13.7 Å². The monoisotopic (exact) mass is 237 g/mol. The molecule has 0 aromatic carbocycles. The quantitative estimate of drug-likeness (QED) is 0.823. The van der Waals surface area contributed by atoms with E-state index in [2.05, 4.69) is 10.1 Å². The van der Waals surface area contributed by atoms with Crippen LogP contribution in [-0.4, -0.2) is 14.8 Å². The molecule has 2 aromatic heterocycles. The van der Waals surface area contributed by atoms with Gasteiger partial charge in [-0.3, -0.25) is 9.67 Å². The largest absolute Gasteiger partial charge is 0.486 e. The van der Waals surface area contributed by atoms with Gasteiger partial charge in [0.25, 0.3) is 0 Å². The van der Waals surface area contributed by atoms with Crippen molar-refractivity contribution in [3.05, 3.63) is 40.9 Å². The van der Waals surface area contributed by atoms with E-state index in [1.165, 1.54) is 0 Å². The Balaban J connectivity index is 2.11. The third-order valence-electron chi connectivity index (χ3n) is 2.27.